The number of hydrogen-bond donors (Lipinski definition) is 1. The number of aryl methyl sites for hydroxylation is 2. The largest absolute Gasteiger partial charge is 0.476 e. The van der Waals surface area contributed by atoms with E-state index in [4.69, 9.17) is 0 Å². The highest BCUT2D eigenvalue weighted by Gasteiger charge is 2.32. The summed E-state index contributed by atoms with van der Waals surface area (Å²) in [5.41, 5.74) is 1.99. The SMILES string of the molecule is CCn1nc(C(=O)O)c2c1CCN(C(=O)c1nc3cccc(C)n3c1F)C2. The fourth-order valence-electron chi connectivity index (χ4n) is 3.60. The Balaban J connectivity index is 1.71. The van der Waals surface area contributed by atoms with Crippen molar-refractivity contribution in [1.82, 2.24) is 24.1 Å². The number of pyridine rings is 1. The number of carbonyl (C=O) groups excluding carboxylic acids is 1. The molecule has 9 heteroatoms. The van der Waals surface area contributed by atoms with E-state index in [2.05, 4.69) is 10.1 Å². The van der Waals surface area contributed by atoms with Crippen LogP contribution in [0.4, 0.5) is 4.39 Å². The van der Waals surface area contributed by atoms with Crippen LogP contribution in [0, 0.1) is 12.9 Å². The lowest BCUT2D eigenvalue weighted by atomic mass is 10.0. The Morgan fingerprint density at radius 2 is 2.07 bits per heavy atom. The minimum atomic E-state index is -1.14. The van der Waals surface area contributed by atoms with Crippen LogP contribution in [0.1, 0.15) is 44.9 Å². The van der Waals surface area contributed by atoms with E-state index in [1.807, 2.05) is 6.92 Å². The molecule has 0 aromatic carbocycles. The van der Waals surface area contributed by atoms with Crippen LogP contribution >= 0.6 is 0 Å². The van der Waals surface area contributed by atoms with Crippen molar-refractivity contribution in [2.24, 2.45) is 0 Å². The van der Waals surface area contributed by atoms with E-state index in [9.17, 15) is 19.1 Å². The van der Waals surface area contributed by atoms with Gasteiger partial charge in [0, 0.05) is 36.5 Å². The lowest BCUT2D eigenvalue weighted by Gasteiger charge is -2.27. The van der Waals surface area contributed by atoms with Crippen molar-refractivity contribution < 1.29 is 19.1 Å². The first-order valence-corrected chi connectivity index (χ1v) is 8.67. The number of carboxylic acids is 1. The van der Waals surface area contributed by atoms with Gasteiger partial charge in [0.25, 0.3) is 5.91 Å². The van der Waals surface area contributed by atoms with Crippen molar-refractivity contribution in [1.29, 1.82) is 0 Å². The summed E-state index contributed by atoms with van der Waals surface area (Å²) < 4.78 is 17.7. The standard InChI is InChI=1S/C18H18FN5O3/c1-3-23-12-7-8-22(9-11(12)14(21-23)18(26)27)17(25)15-16(19)24-10(2)5-4-6-13(24)20-15/h4-6H,3,7-9H2,1-2H3,(H,26,27). The average Bonchev–Trinajstić information content (AvgIpc) is 3.19. The fourth-order valence-corrected chi connectivity index (χ4v) is 3.60. The molecule has 1 aliphatic rings. The summed E-state index contributed by atoms with van der Waals surface area (Å²) in [6.45, 7) is 4.58. The maximum absolute atomic E-state index is 14.8. The zero-order chi connectivity index (χ0) is 19.3. The molecule has 4 rings (SSSR count). The Kier molecular flexibility index (Phi) is 3.94. The van der Waals surface area contributed by atoms with Gasteiger partial charge in [-0.15, -0.1) is 0 Å². The minimum absolute atomic E-state index is 0.0596. The van der Waals surface area contributed by atoms with Crippen molar-refractivity contribution in [3.05, 3.63) is 52.5 Å². The van der Waals surface area contributed by atoms with Gasteiger partial charge in [-0.25, -0.2) is 9.78 Å². The summed E-state index contributed by atoms with van der Waals surface area (Å²) >= 11 is 0. The first kappa shape index (κ1) is 17.2. The molecule has 3 aromatic rings. The van der Waals surface area contributed by atoms with Gasteiger partial charge in [-0.1, -0.05) is 6.07 Å². The molecule has 0 bridgehead atoms. The van der Waals surface area contributed by atoms with Gasteiger partial charge in [-0.3, -0.25) is 13.9 Å². The van der Waals surface area contributed by atoms with E-state index in [0.29, 0.717) is 36.4 Å². The number of aromatic carboxylic acids is 1. The van der Waals surface area contributed by atoms with Crippen LogP contribution in [0.5, 0.6) is 0 Å². The van der Waals surface area contributed by atoms with Gasteiger partial charge in [0.1, 0.15) is 5.65 Å². The fraction of sp³-hybridized carbons (Fsp3) is 0.333. The summed E-state index contributed by atoms with van der Waals surface area (Å²) in [4.78, 5) is 30.0. The highest BCUT2D eigenvalue weighted by Crippen LogP contribution is 2.25. The number of hydrogen-bond acceptors (Lipinski definition) is 4. The summed E-state index contributed by atoms with van der Waals surface area (Å²) in [5, 5.41) is 13.5. The van der Waals surface area contributed by atoms with Gasteiger partial charge in [0.2, 0.25) is 5.95 Å². The van der Waals surface area contributed by atoms with Gasteiger partial charge in [0.15, 0.2) is 11.4 Å². The number of aromatic nitrogens is 4. The third-order valence-electron chi connectivity index (χ3n) is 4.91. The third kappa shape index (κ3) is 2.57. The number of imidazole rings is 1. The summed E-state index contributed by atoms with van der Waals surface area (Å²) in [7, 11) is 0. The number of nitrogens with zero attached hydrogens (tertiary/aromatic N) is 5. The molecule has 3 aromatic heterocycles. The second-order valence-electron chi connectivity index (χ2n) is 6.48. The van der Waals surface area contributed by atoms with Crippen LogP contribution in [0.2, 0.25) is 0 Å². The number of halogens is 1. The summed E-state index contributed by atoms with van der Waals surface area (Å²) in [6.07, 6.45) is 0.462. The molecule has 0 fully saturated rings. The third-order valence-corrected chi connectivity index (χ3v) is 4.91. The van der Waals surface area contributed by atoms with Crippen LogP contribution in [0.25, 0.3) is 5.65 Å². The van der Waals surface area contributed by atoms with Crippen molar-refractivity contribution in [3.63, 3.8) is 0 Å². The molecule has 8 nitrogen and oxygen atoms in total. The second-order valence-corrected chi connectivity index (χ2v) is 6.48. The van der Waals surface area contributed by atoms with Crippen LogP contribution < -0.4 is 0 Å². The van der Waals surface area contributed by atoms with E-state index in [1.165, 1.54) is 9.30 Å². The molecule has 0 aliphatic carbocycles. The Bertz CT molecular complexity index is 1080. The van der Waals surface area contributed by atoms with Gasteiger partial charge >= 0.3 is 5.97 Å². The lowest BCUT2D eigenvalue weighted by Crippen LogP contribution is -2.37. The molecule has 27 heavy (non-hydrogen) atoms. The molecule has 1 N–H and O–H groups in total. The molecule has 0 saturated carbocycles. The molecule has 1 aliphatic heterocycles. The number of rotatable bonds is 3. The van der Waals surface area contributed by atoms with Crippen molar-refractivity contribution >= 4 is 17.5 Å². The molecular formula is C18H18FN5O3. The monoisotopic (exact) mass is 371 g/mol. The first-order chi connectivity index (χ1) is 12.9. The Labute approximate surface area is 153 Å². The maximum atomic E-state index is 14.8. The number of amides is 1. The smallest absolute Gasteiger partial charge is 0.356 e. The number of carbonyl (C=O) groups is 2. The van der Waals surface area contributed by atoms with Gasteiger partial charge in [-0.05, 0) is 26.0 Å². The summed E-state index contributed by atoms with van der Waals surface area (Å²) in [6, 6.07) is 5.11. The average molecular weight is 371 g/mol. The van der Waals surface area contributed by atoms with Crippen molar-refractivity contribution in [2.45, 2.75) is 33.4 Å². The molecule has 0 radical (unpaired) electrons. The predicted molar refractivity (Wildman–Crippen MR) is 93.2 cm³/mol. The molecule has 0 atom stereocenters. The number of fused-ring (bicyclic) bond motifs is 2. The van der Waals surface area contributed by atoms with E-state index >= 15 is 0 Å². The van der Waals surface area contributed by atoms with Crippen LogP contribution in [0.15, 0.2) is 18.2 Å². The van der Waals surface area contributed by atoms with E-state index < -0.39 is 17.8 Å². The molecular weight excluding hydrogens is 353 g/mol. The van der Waals surface area contributed by atoms with Crippen LogP contribution in [0.3, 0.4) is 0 Å². The van der Waals surface area contributed by atoms with Gasteiger partial charge < -0.3 is 10.0 Å². The molecule has 0 unspecified atom stereocenters. The Morgan fingerprint density at radius 1 is 1.30 bits per heavy atom. The molecule has 1 amide bonds. The second kappa shape index (κ2) is 6.19. The van der Waals surface area contributed by atoms with Gasteiger partial charge in [-0.2, -0.15) is 9.49 Å². The Morgan fingerprint density at radius 3 is 2.74 bits per heavy atom. The van der Waals surface area contributed by atoms with E-state index in [0.717, 1.165) is 5.69 Å². The summed E-state index contributed by atoms with van der Waals surface area (Å²) in [5.74, 6) is -2.40. The van der Waals surface area contributed by atoms with Crippen LogP contribution in [-0.2, 0) is 19.5 Å². The molecule has 4 heterocycles. The molecule has 140 valence electrons. The predicted octanol–water partition coefficient (Wildman–Crippen LogP) is 1.89. The van der Waals surface area contributed by atoms with Crippen LogP contribution in [-0.4, -0.2) is 47.6 Å². The molecule has 0 spiro atoms. The van der Waals surface area contributed by atoms with Crippen molar-refractivity contribution in [3.8, 4) is 0 Å². The quantitative estimate of drug-likeness (QED) is 0.759. The molecule has 0 saturated heterocycles. The van der Waals surface area contributed by atoms with Gasteiger partial charge in [0.05, 0.1) is 6.54 Å². The highest BCUT2D eigenvalue weighted by atomic mass is 19.1. The van der Waals surface area contributed by atoms with Crippen molar-refractivity contribution in [2.75, 3.05) is 6.54 Å². The zero-order valence-electron chi connectivity index (χ0n) is 14.9. The topological polar surface area (TPSA) is 92.7 Å². The Hall–Kier alpha value is -3.23. The lowest BCUT2D eigenvalue weighted by molar-refractivity contribution is 0.0671. The first-order valence-electron chi connectivity index (χ1n) is 8.67. The maximum Gasteiger partial charge on any atom is 0.356 e. The highest BCUT2D eigenvalue weighted by molar-refractivity contribution is 5.94. The minimum Gasteiger partial charge on any atom is -0.476 e. The van der Waals surface area contributed by atoms with E-state index in [-0.39, 0.29) is 17.9 Å². The number of carboxylic acid groups (broad SMARTS) is 1. The van der Waals surface area contributed by atoms with E-state index in [1.54, 1.807) is 29.8 Å². The zero-order valence-corrected chi connectivity index (χ0v) is 14.9. The normalized spacial score (nSPS) is 13.8.